The highest BCUT2D eigenvalue weighted by Crippen LogP contribution is 2.32. The van der Waals surface area contributed by atoms with Crippen LogP contribution in [0.25, 0.3) is 0 Å². The second kappa shape index (κ2) is 6.91. The van der Waals surface area contributed by atoms with Crippen LogP contribution >= 0.6 is 0 Å². The number of anilines is 1. The summed E-state index contributed by atoms with van der Waals surface area (Å²) in [7, 11) is 0. The molecular weight excluding hydrogens is 286 g/mol. The van der Waals surface area contributed by atoms with Crippen molar-refractivity contribution in [1.82, 2.24) is 5.32 Å². The molecule has 1 amide bonds. The van der Waals surface area contributed by atoms with Gasteiger partial charge in [0, 0.05) is 30.4 Å². The van der Waals surface area contributed by atoms with Crippen LogP contribution in [-0.2, 0) is 4.79 Å². The first-order valence-corrected chi connectivity index (χ1v) is 8.95. The summed E-state index contributed by atoms with van der Waals surface area (Å²) in [5.74, 6) is 0.149. The monoisotopic (exact) mass is 315 g/mol. The third-order valence-corrected chi connectivity index (χ3v) is 5.53. The number of piperidine rings is 1. The fraction of sp³-hybridized carbons (Fsp3) is 0.632. The van der Waals surface area contributed by atoms with E-state index in [1.54, 1.807) is 0 Å². The average Bonchev–Trinajstić information content (AvgIpc) is 2.56. The van der Waals surface area contributed by atoms with Gasteiger partial charge in [0.15, 0.2) is 0 Å². The van der Waals surface area contributed by atoms with Crippen molar-refractivity contribution < 1.29 is 4.79 Å². The Bertz CT molecular complexity index is 521. The van der Waals surface area contributed by atoms with Crippen molar-refractivity contribution in [2.24, 2.45) is 11.7 Å². The van der Waals surface area contributed by atoms with Crippen molar-refractivity contribution in [3.8, 4) is 0 Å². The first-order valence-electron chi connectivity index (χ1n) is 8.95. The molecule has 1 aromatic rings. The van der Waals surface area contributed by atoms with E-state index in [0.29, 0.717) is 6.04 Å². The van der Waals surface area contributed by atoms with Gasteiger partial charge in [0.05, 0.1) is 5.92 Å². The number of hydrogen-bond acceptors (Lipinski definition) is 3. The van der Waals surface area contributed by atoms with Crippen molar-refractivity contribution in [2.45, 2.75) is 57.0 Å². The van der Waals surface area contributed by atoms with Crippen molar-refractivity contribution in [1.29, 1.82) is 0 Å². The number of para-hydroxylation sites is 1. The van der Waals surface area contributed by atoms with Crippen LogP contribution in [0.15, 0.2) is 30.3 Å². The highest BCUT2D eigenvalue weighted by molar-refractivity contribution is 5.80. The van der Waals surface area contributed by atoms with Crippen molar-refractivity contribution in [2.75, 3.05) is 18.0 Å². The van der Waals surface area contributed by atoms with E-state index in [9.17, 15) is 4.79 Å². The van der Waals surface area contributed by atoms with Gasteiger partial charge in [-0.05, 0) is 44.7 Å². The lowest BCUT2D eigenvalue weighted by molar-refractivity contribution is -0.129. The maximum atomic E-state index is 12.6. The van der Waals surface area contributed by atoms with E-state index in [1.165, 1.54) is 5.69 Å². The standard InChI is InChI=1S/C19H29N3O/c1-19(20)12-6-5-9-17(19)18(23)21-15-10-13-22(14-11-15)16-7-3-2-4-8-16/h2-4,7-8,15,17H,5-6,9-14,20H2,1H3,(H,21,23). The van der Waals surface area contributed by atoms with E-state index in [0.717, 1.165) is 51.6 Å². The van der Waals surface area contributed by atoms with E-state index in [-0.39, 0.29) is 17.4 Å². The molecule has 1 saturated heterocycles. The normalized spacial score (nSPS) is 29.3. The summed E-state index contributed by atoms with van der Waals surface area (Å²) in [5, 5.41) is 3.27. The molecule has 0 spiro atoms. The van der Waals surface area contributed by atoms with Crippen LogP contribution in [-0.4, -0.2) is 30.6 Å². The molecule has 0 bridgehead atoms. The molecule has 126 valence electrons. The average molecular weight is 315 g/mol. The molecule has 4 nitrogen and oxygen atoms in total. The molecule has 2 aliphatic rings. The first-order chi connectivity index (χ1) is 11.1. The van der Waals surface area contributed by atoms with Crippen LogP contribution in [0.5, 0.6) is 0 Å². The summed E-state index contributed by atoms with van der Waals surface area (Å²) in [6, 6.07) is 10.8. The SMILES string of the molecule is CC1(N)CCCCC1C(=O)NC1CCN(c2ccccc2)CC1. The Hall–Kier alpha value is -1.55. The Balaban J connectivity index is 1.51. The van der Waals surface area contributed by atoms with E-state index in [1.807, 2.05) is 13.0 Å². The maximum absolute atomic E-state index is 12.6. The fourth-order valence-corrected chi connectivity index (χ4v) is 4.01. The second-order valence-electron chi connectivity index (χ2n) is 7.41. The number of carbonyl (C=O) groups is 1. The molecule has 3 rings (SSSR count). The lowest BCUT2D eigenvalue weighted by atomic mass is 9.74. The molecule has 1 saturated carbocycles. The highest BCUT2D eigenvalue weighted by atomic mass is 16.2. The Kier molecular flexibility index (Phi) is 4.90. The van der Waals surface area contributed by atoms with Crippen LogP contribution in [0.2, 0.25) is 0 Å². The topological polar surface area (TPSA) is 58.4 Å². The summed E-state index contributed by atoms with van der Waals surface area (Å²) < 4.78 is 0. The summed E-state index contributed by atoms with van der Waals surface area (Å²) in [6.45, 7) is 4.04. The number of rotatable bonds is 3. The quantitative estimate of drug-likeness (QED) is 0.901. The molecule has 2 fully saturated rings. The minimum absolute atomic E-state index is 0.0246. The van der Waals surface area contributed by atoms with Gasteiger partial charge >= 0.3 is 0 Å². The van der Waals surface area contributed by atoms with E-state index < -0.39 is 0 Å². The van der Waals surface area contributed by atoms with Crippen LogP contribution < -0.4 is 16.0 Å². The highest BCUT2D eigenvalue weighted by Gasteiger charge is 2.38. The number of nitrogens with two attached hydrogens (primary N) is 1. The second-order valence-corrected chi connectivity index (χ2v) is 7.41. The largest absolute Gasteiger partial charge is 0.371 e. The Morgan fingerprint density at radius 3 is 2.52 bits per heavy atom. The molecular formula is C19H29N3O. The number of nitrogens with one attached hydrogen (secondary N) is 1. The van der Waals surface area contributed by atoms with Gasteiger partial charge in [-0.15, -0.1) is 0 Å². The first kappa shape index (κ1) is 16.3. The van der Waals surface area contributed by atoms with Gasteiger partial charge < -0.3 is 16.0 Å². The fourth-order valence-electron chi connectivity index (χ4n) is 4.01. The van der Waals surface area contributed by atoms with Crippen LogP contribution in [0, 0.1) is 5.92 Å². The van der Waals surface area contributed by atoms with Crippen molar-refractivity contribution >= 4 is 11.6 Å². The van der Waals surface area contributed by atoms with Gasteiger partial charge in [0.25, 0.3) is 0 Å². The molecule has 1 aliphatic carbocycles. The Labute approximate surface area is 139 Å². The molecule has 3 N–H and O–H groups in total. The number of benzene rings is 1. The summed E-state index contributed by atoms with van der Waals surface area (Å²) in [4.78, 5) is 15.0. The Morgan fingerprint density at radius 2 is 1.87 bits per heavy atom. The van der Waals surface area contributed by atoms with E-state index in [4.69, 9.17) is 5.73 Å². The molecule has 0 aromatic heterocycles. The summed E-state index contributed by atoms with van der Waals surface area (Å²) in [6.07, 6.45) is 6.17. The Morgan fingerprint density at radius 1 is 1.17 bits per heavy atom. The molecule has 2 atom stereocenters. The lowest BCUT2D eigenvalue weighted by Gasteiger charge is -2.39. The lowest BCUT2D eigenvalue weighted by Crippen LogP contribution is -2.55. The third kappa shape index (κ3) is 3.86. The zero-order valence-corrected chi connectivity index (χ0v) is 14.1. The van der Waals surface area contributed by atoms with Gasteiger partial charge in [-0.3, -0.25) is 4.79 Å². The predicted octanol–water partition coefficient (Wildman–Crippen LogP) is 2.68. The summed E-state index contributed by atoms with van der Waals surface area (Å²) >= 11 is 0. The maximum Gasteiger partial charge on any atom is 0.225 e. The number of amides is 1. The molecule has 1 heterocycles. The molecule has 1 aromatic carbocycles. The minimum atomic E-state index is -0.340. The van der Waals surface area contributed by atoms with Crippen LogP contribution in [0.4, 0.5) is 5.69 Å². The van der Waals surface area contributed by atoms with Crippen LogP contribution in [0.1, 0.15) is 45.4 Å². The molecule has 23 heavy (non-hydrogen) atoms. The van der Waals surface area contributed by atoms with Crippen molar-refractivity contribution in [3.63, 3.8) is 0 Å². The summed E-state index contributed by atoms with van der Waals surface area (Å²) in [5.41, 5.74) is 7.29. The number of hydrogen-bond donors (Lipinski definition) is 2. The molecule has 4 heteroatoms. The number of carbonyl (C=O) groups excluding carboxylic acids is 1. The zero-order chi connectivity index (χ0) is 16.3. The van der Waals surface area contributed by atoms with E-state index >= 15 is 0 Å². The van der Waals surface area contributed by atoms with Gasteiger partial charge in [-0.25, -0.2) is 0 Å². The third-order valence-electron chi connectivity index (χ3n) is 5.53. The van der Waals surface area contributed by atoms with E-state index in [2.05, 4.69) is 34.5 Å². The van der Waals surface area contributed by atoms with Gasteiger partial charge in [-0.2, -0.15) is 0 Å². The molecule has 1 aliphatic heterocycles. The minimum Gasteiger partial charge on any atom is -0.371 e. The predicted molar refractivity (Wildman–Crippen MR) is 94.4 cm³/mol. The van der Waals surface area contributed by atoms with Gasteiger partial charge in [0.1, 0.15) is 0 Å². The molecule has 2 unspecified atom stereocenters. The van der Waals surface area contributed by atoms with Crippen molar-refractivity contribution in [3.05, 3.63) is 30.3 Å². The zero-order valence-electron chi connectivity index (χ0n) is 14.1. The number of nitrogens with zero attached hydrogens (tertiary/aromatic N) is 1. The van der Waals surface area contributed by atoms with Gasteiger partial charge in [0.2, 0.25) is 5.91 Å². The van der Waals surface area contributed by atoms with Crippen LogP contribution in [0.3, 0.4) is 0 Å². The van der Waals surface area contributed by atoms with Gasteiger partial charge in [-0.1, -0.05) is 31.0 Å². The smallest absolute Gasteiger partial charge is 0.225 e. The molecule has 0 radical (unpaired) electrons.